The number of hydrogen-bond acceptors (Lipinski definition) is 5. The van der Waals surface area contributed by atoms with Crippen molar-refractivity contribution >= 4 is 10.8 Å². The Labute approximate surface area is 200 Å². The molecular weight excluding hydrogens is 426 g/mol. The summed E-state index contributed by atoms with van der Waals surface area (Å²) >= 11 is 0. The predicted octanol–water partition coefficient (Wildman–Crippen LogP) is 6.48. The van der Waals surface area contributed by atoms with Gasteiger partial charge in [0.1, 0.15) is 5.75 Å². The van der Waals surface area contributed by atoms with Gasteiger partial charge in [-0.1, -0.05) is 30.3 Å². The van der Waals surface area contributed by atoms with Crippen molar-refractivity contribution < 1.29 is 18.9 Å². The Morgan fingerprint density at radius 2 is 1.44 bits per heavy atom. The fourth-order valence-electron chi connectivity index (χ4n) is 5.06. The van der Waals surface area contributed by atoms with Crippen LogP contribution in [0.2, 0.25) is 0 Å². The number of methoxy groups -OCH3 is 4. The standard InChI is InChI=1S/C29H29NO4/c1-31-24-15-13-18-9-5-7-11-20(18)26(24)27-21-12-8-6-10-19(21)17-23(30-27)22-14-16-25(32-2)29(34-4)28(22)33-3/h5,7,9,11,13-17H,6,8,10,12H2,1-4H3. The molecule has 0 N–H and O–H groups in total. The molecule has 1 aliphatic rings. The first-order valence-electron chi connectivity index (χ1n) is 11.6. The molecule has 5 nitrogen and oxygen atoms in total. The van der Waals surface area contributed by atoms with Crippen molar-refractivity contribution in [2.45, 2.75) is 25.7 Å². The van der Waals surface area contributed by atoms with Crippen molar-refractivity contribution in [3.05, 3.63) is 65.7 Å². The average molecular weight is 456 g/mol. The second-order valence-corrected chi connectivity index (χ2v) is 8.45. The molecule has 3 aromatic carbocycles. The number of benzene rings is 3. The highest BCUT2D eigenvalue weighted by molar-refractivity contribution is 6.00. The first-order chi connectivity index (χ1) is 16.7. The number of pyridine rings is 1. The predicted molar refractivity (Wildman–Crippen MR) is 135 cm³/mol. The highest BCUT2D eigenvalue weighted by Crippen LogP contribution is 2.46. The van der Waals surface area contributed by atoms with Gasteiger partial charge in [-0.05, 0) is 71.8 Å². The molecule has 5 heteroatoms. The summed E-state index contributed by atoms with van der Waals surface area (Å²) in [4.78, 5) is 5.27. The van der Waals surface area contributed by atoms with Gasteiger partial charge in [0.25, 0.3) is 0 Å². The Morgan fingerprint density at radius 1 is 0.706 bits per heavy atom. The van der Waals surface area contributed by atoms with Gasteiger partial charge in [-0.2, -0.15) is 0 Å². The van der Waals surface area contributed by atoms with Gasteiger partial charge in [0.15, 0.2) is 11.5 Å². The largest absolute Gasteiger partial charge is 0.496 e. The quantitative estimate of drug-likeness (QED) is 0.333. The Morgan fingerprint density at radius 3 is 2.21 bits per heavy atom. The molecule has 0 radical (unpaired) electrons. The minimum Gasteiger partial charge on any atom is -0.496 e. The Kier molecular flexibility index (Phi) is 6.01. The van der Waals surface area contributed by atoms with Crippen LogP contribution in [0.4, 0.5) is 0 Å². The SMILES string of the molecule is COc1ccc(-c2cc3c(c(-c4c(OC)ccc5ccccc45)n2)CCCC3)c(OC)c1OC. The first-order valence-corrected chi connectivity index (χ1v) is 11.6. The van der Waals surface area contributed by atoms with E-state index in [1.807, 2.05) is 18.2 Å². The fourth-order valence-corrected chi connectivity index (χ4v) is 5.06. The second-order valence-electron chi connectivity index (χ2n) is 8.45. The fraction of sp³-hybridized carbons (Fsp3) is 0.276. The molecule has 4 aromatic rings. The van der Waals surface area contributed by atoms with Gasteiger partial charge in [-0.25, -0.2) is 4.98 Å². The highest BCUT2D eigenvalue weighted by Gasteiger charge is 2.24. The number of aromatic nitrogens is 1. The number of fused-ring (bicyclic) bond motifs is 2. The van der Waals surface area contributed by atoms with Crippen LogP contribution < -0.4 is 18.9 Å². The van der Waals surface area contributed by atoms with Crippen LogP contribution in [0.25, 0.3) is 33.3 Å². The lowest BCUT2D eigenvalue weighted by Crippen LogP contribution is -2.08. The summed E-state index contributed by atoms with van der Waals surface area (Å²) in [7, 11) is 6.62. The maximum Gasteiger partial charge on any atom is 0.203 e. The molecule has 0 aliphatic heterocycles. The number of aryl methyl sites for hydroxylation is 1. The summed E-state index contributed by atoms with van der Waals surface area (Å²) in [5.74, 6) is 2.62. The zero-order valence-corrected chi connectivity index (χ0v) is 20.1. The third-order valence-corrected chi connectivity index (χ3v) is 6.67. The minimum atomic E-state index is 0.561. The maximum atomic E-state index is 5.85. The van der Waals surface area contributed by atoms with Crippen LogP contribution in [0, 0.1) is 0 Å². The molecule has 0 atom stereocenters. The van der Waals surface area contributed by atoms with E-state index in [1.165, 1.54) is 22.9 Å². The van der Waals surface area contributed by atoms with E-state index in [2.05, 4.69) is 36.4 Å². The third kappa shape index (κ3) is 3.61. The lowest BCUT2D eigenvalue weighted by molar-refractivity contribution is 0.325. The summed E-state index contributed by atoms with van der Waals surface area (Å²) in [5, 5.41) is 2.30. The van der Waals surface area contributed by atoms with Crippen LogP contribution in [0.1, 0.15) is 24.0 Å². The summed E-state index contributed by atoms with van der Waals surface area (Å²) in [6.07, 6.45) is 4.37. The Balaban J connectivity index is 1.83. The van der Waals surface area contributed by atoms with Crippen LogP contribution >= 0.6 is 0 Å². The van der Waals surface area contributed by atoms with Gasteiger partial charge in [-0.15, -0.1) is 0 Å². The minimum absolute atomic E-state index is 0.561. The lowest BCUT2D eigenvalue weighted by Gasteiger charge is -2.23. The highest BCUT2D eigenvalue weighted by atomic mass is 16.5. The molecule has 1 aliphatic carbocycles. The van der Waals surface area contributed by atoms with E-state index in [4.69, 9.17) is 23.9 Å². The van der Waals surface area contributed by atoms with E-state index in [0.717, 1.165) is 52.9 Å². The lowest BCUT2D eigenvalue weighted by atomic mass is 9.86. The van der Waals surface area contributed by atoms with Crippen LogP contribution in [0.15, 0.2) is 54.6 Å². The molecule has 0 unspecified atom stereocenters. The molecule has 0 spiro atoms. The van der Waals surface area contributed by atoms with E-state index < -0.39 is 0 Å². The van der Waals surface area contributed by atoms with E-state index in [9.17, 15) is 0 Å². The summed E-state index contributed by atoms with van der Waals surface area (Å²) in [5.41, 5.74) is 6.39. The zero-order valence-electron chi connectivity index (χ0n) is 20.1. The van der Waals surface area contributed by atoms with Gasteiger partial charge in [0.2, 0.25) is 5.75 Å². The number of hydrogen-bond donors (Lipinski definition) is 0. The monoisotopic (exact) mass is 455 g/mol. The smallest absolute Gasteiger partial charge is 0.203 e. The van der Waals surface area contributed by atoms with E-state index >= 15 is 0 Å². The first kappa shape index (κ1) is 22.1. The van der Waals surface area contributed by atoms with Crippen molar-refractivity contribution in [1.82, 2.24) is 4.98 Å². The third-order valence-electron chi connectivity index (χ3n) is 6.67. The molecule has 174 valence electrons. The molecular formula is C29H29NO4. The number of rotatable bonds is 6. The number of ether oxygens (including phenoxy) is 4. The van der Waals surface area contributed by atoms with Crippen molar-refractivity contribution in [1.29, 1.82) is 0 Å². The van der Waals surface area contributed by atoms with Crippen LogP contribution in [0.3, 0.4) is 0 Å². The van der Waals surface area contributed by atoms with Crippen molar-refractivity contribution in [3.63, 3.8) is 0 Å². The molecule has 1 heterocycles. The van der Waals surface area contributed by atoms with Crippen LogP contribution in [-0.2, 0) is 12.8 Å². The van der Waals surface area contributed by atoms with Crippen LogP contribution in [-0.4, -0.2) is 33.4 Å². The molecule has 0 fully saturated rings. The van der Waals surface area contributed by atoms with Gasteiger partial charge < -0.3 is 18.9 Å². The topological polar surface area (TPSA) is 49.8 Å². The van der Waals surface area contributed by atoms with E-state index in [-0.39, 0.29) is 0 Å². The molecule has 0 amide bonds. The van der Waals surface area contributed by atoms with Crippen molar-refractivity contribution in [2.75, 3.05) is 28.4 Å². The summed E-state index contributed by atoms with van der Waals surface area (Å²) < 4.78 is 22.8. The second kappa shape index (κ2) is 9.26. The normalized spacial score (nSPS) is 12.8. The average Bonchev–Trinajstić information content (AvgIpc) is 2.90. The molecule has 1 aromatic heterocycles. The summed E-state index contributed by atoms with van der Waals surface area (Å²) in [6, 6.07) is 18.6. The molecule has 0 bridgehead atoms. The van der Waals surface area contributed by atoms with Crippen molar-refractivity contribution in [2.24, 2.45) is 0 Å². The maximum absolute atomic E-state index is 5.85. The van der Waals surface area contributed by atoms with E-state index in [1.54, 1.807) is 28.4 Å². The molecule has 34 heavy (non-hydrogen) atoms. The van der Waals surface area contributed by atoms with Gasteiger partial charge in [0, 0.05) is 5.56 Å². The van der Waals surface area contributed by atoms with Gasteiger partial charge in [0.05, 0.1) is 45.4 Å². The summed E-state index contributed by atoms with van der Waals surface area (Å²) in [6.45, 7) is 0. The Hall–Kier alpha value is -3.73. The van der Waals surface area contributed by atoms with Crippen molar-refractivity contribution in [3.8, 4) is 45.5 Å². The molecule has 5 rings (SSSR count). The number of nitrogens with zero attached hydrogens (tertiary/aromatic N) is 1. The van der Waals surface area contributed by atoms with Gasteiger partial charge >= 0.3 is 0 Å². The Bertz CT molecular complexity index is 1360. The molecule has 0 saturated heterocycles. The van der Waals surface area contributed by atoms with Crippen LogP contribution in [0.5, 0.6) is 23.0 Å². The van der Waals surface area contributed by atoms with E-state index in [0.29, 0.717) is 17.2 Å². The van der Waals surface area contributed by atoms with Gasteiger partial charge in [-0.3, -0.25) is 0 Å². The zero-order chi connectivity index (χ0) is 23.7. The molecule has 0 saturated carbocycles.